The van der Waals surface area contributed by atoms with Gasteiger partial charge in [-0.1, -0.05) is 161 Å². The molecular formula is C60H46BN3. The van der Waals surface area contributed by atoms with Crippen molar-refractivity contribution in [3.63, 3.8) is 0 Å². The van der Waals surface area contributed by atoms with Crippen molar-refractivity contribution in [1.29, 1.82) is 0 Å². The summed E-state index contributed by atoms with van der Waals surface area (Å²) >= 11 is 0. The first-order chi connectivity index (χ1) is 31.3. The zero-order chi connectivity index (χ0) is 42.9. The Morgan fingerprint density at radius 3 is 1.64 bits per heavy atom. The number of hydrogen-bond acceptors (Lipinski definition) is 3. The fourth-order valence-corrected chi connectivity index (χ4v) is 11.9. The normalized spacial score (nSPS) is 15.0. The van der Waals surface area contributed by atoms with Gasteiger partial charge in [0.15, 0.2) is 0 Å². The molecule has 9 aromatic rings. The Morgan fingerprint density at radius 2 is 0.891 bits per heavy atom. The Bertz CT molecular complexity index is 3330. The summed E-state index contributed by atoms with van der Waals surface area (Å²) in [4.78, 5) is 7.54. The molecular weight excluding hydrogens is 773 g/mol. The fraction of sp³-hybridized carbons (Fsp3) is 0.100. The Kier molecular flexibility index (Phi) is 7.80. The number of fused-ring (bicyclic) bond motifs is 10. The topological polar surface area (TPSA) is 9.72 Å². The first-order valence-electron chi connectivity index (χ1n) is 22.6. The monoisotopic (exact) mass is 819 g/mol. The lowest BCUT2D eigenvalue weighted by molar-refractivity contribution is 0.660. The Morgan fingerprint density at radius 1 is 0.359 bits per heavy atom. The second-order valence-electron chi connectivity index (χ2n) is 18.9. The van der Waals surface area contributed by atoms with Gasteiger partial charge in [-0.3, -0.25) is 0 Å². The molecule has 2 aliphatic carbocycles. The lowest BCUT2D eigenvalue weighted by atomic mass is 9.33. The summed E-state index contributed by atoms with van der Waals surface area (Å²) in [5.41, 5.74) is 25.1. The average Bonchev–Trinajstić information content (AvgIpc) is 3.71. The molecule has 0 saturated carbocycles. The van der Waals surface area contributed by atoms with Crippen LogP contribution in [0.2, 0.25) is 0 Å². The SMILES string of the molecule is CC1(C)c2ccccc2-c2ccc(N3c4cc(N(c5ccccc5)c5ccccc5)ccc4B4c5ccccc5N(c5cccc6c5-c5ccccc5C6(C)C)c5cccc3c54)cc21. The first kappa shape index (κ1) is 37.0. The van der Waals surface area contributed by atoms with E-state index in [1.54, 1.807) is 0 Å². The zero-order valence-electron chi connectivity index (χ0n) is 36.5. The van der Waals surface area contributed by atoms with Crippen LogP contribution < -0.4 is 31.1 Å². The fourth-order valence-electron chi connectivity index (χ4n) is 11.9. The standard InChI is InChI=1S/C60H46BN3/c1-59(2)47-26-14-12-24-45(47)57-48(59)27-17-30-53(57)64-52-29-16-15-28-50(52)61-51-36-34-42(62(39-19-7-5-8-20-39)40-21-9-6-10-22-40)38-56(51)63(54-31-18-32-55(64)58(54)61)41-33-35-44-43-23-11-13-25-46(43)60(3,4)49(44)37-41/h5-38H,1-4H3. The Labute approximate surface area is 376 Å². The van der Waals surface area contributed by atoms with E-state index in [1.807, 2.05) is 0 Å². The van der Waals surface area contributed by atoms with Gasteiger partial charge in [0.05, 0.1) is 5.69 Å². The highest BCUT2D eigenvalue weighted by Crippen LogP contribution is 2.56. The van der Waals surface area contributed by atoms with Crippen LogP contribution in [0.5, 0.6) is 0 Å². The van der Waals surface area contributed by atoms with E-state index >= 15 is 0 Å². The summed E-state index contributed by atoms with van der Waals surface area (Å²) in [6, 6.07) is 77.0. The number of rotatable bonds is 5. The molecule has 4 heteroatoms. The minimum Gasteiger partial charge on any atom is -0.311 e. The summed E-state index contributed by atoms with van der Waals surface area (Å²) in [5.74, 6) is 0. The van der Waals surface area contributed by atoms with Crippen molar-refractivity contribution < 1.29 is 0 Å². The maximum Gasteiger partial charge on any atom is 0.252 e. The van der Waals surface area contributed by atoms with Gasteiger partial charge in [-0.25, -0.2) is 0 Å². The molecule has 9 aromatic carbocycles. The molecule has 2 aliphatic heterocycles. The molecule has 0 bridgehead atoms. The average molecular weight is 820 g/mol. The Balaban J connectivity index is 1.08. The van der Waals surface area contributed by atoms with Crippen LogP contribution in [0.1, 0.15) is 49.9 Å². The molecule has 0 unspecified atom stereocenters. The predicted octanol–water partition coefficient (Wildman–Crippen LogP) is 13.9. The van der Waals surface area contributed by atoms with Crippen LogP contribution in [0.3, 0.4) is 0 Å². The van der Waals surface area contributed by atoms with Gasteiger partial charge in [-0.15, -0.1) is 0 Å². The number of benzene rings is 9. The van der Waals surface area contributed by atoms with Crippen LogP contribution in [0.15, 0.2) is 206 Å². The van der Waals surface area contributed by atoms with Gasteiger partial charge in [0, 0.05) is 61.9 Å². The van der Waals surface area contributed by atoms with Crippen LogP contribution in [0.25, 0.3) is 22.3 Å². The van der Waals surface area contributed by atoms with Crippen LogP contribution in [0, 0.1) is 0 Å². The third-order valence-electron chi connectivity index (χ3n) is 14.8. The second kappa shape index (κ2) is 13.5. The lowest BCUT2D eigenvalue weighted by Gasteiger charge is -2.45. The zero-order valence-corrected chi connectivity index (χ0v) is 36.5. The van der Waals surface area contributed by atoms with E-state index in [2.05, 4.69) is 249 Å². The number of hydrogen-bond donors (Lipinski definition) is 0. The van der Waals surface area contributed by atoms with Crippen LogP contribution in [-0.2, 0) is 10.8 Å². The van der Waals surface area contributed by atoms with E-state index in [9.17, 15) is 0 Å². The summed E-state index contributed by atoms with van der Waals surface area (Å²) in [6.45, 7) is 9.53. The van der Waals surface area contributed by atoms with Crippen molar-refractivity contribution in [2.45, 2.75) is 38.5 Å². The molecule has 0 atom stereocenters. The molecule has 2 heterocycles. The summed E-state index contributed by atoms with van der Waals surface area (Å²) < 4.78 is 0. The first-order valence-corrected chi connectivity index (χ1v) is 22.6. The van der Waals surface area contributed by atoms with Crippen molar-refractivity contribution in [2.24, 2.45) is 0 Å². The largest absolute Gasteiger partial charge is 0.311 e. The maximum atomic E-state index is 2.58. The summed E-state index contributed by atoms with van der Waals surface area (Å²) in [5, 5.41) is 0. The van der Waals surface area contributed by atoms with E-state index in [4.69, 9.17) is 0 Å². The number of nitrogens with zero attached hydrogens (tertiary/aromatic N) is 3. The molecule has 64 heavy (non-hydrogen) atoms. The molecule has 3 nitrogen and oxygen atoms in total. The highest BCUT2D eigenvalue weighted by molar-refractivity contribution is 7.00. The summed E-state index contributed by atoms with van der Waals surface area (Å²) in [7, 11) is 0. The van der Waals surface area contributed by atoms with Crippen molar-refractivity contribution >= 4 is 74.3 Å². The smallest absolute Gasteiger partial charge is 0.252 e. The van der Waals surface area contributed by atoms with E-state index in [-0.39, 0.29) is 17.5 Å². The van der Waals surface area contributed by atoms with Gasteiger partial charge in [0.25, 0.3) is 6.71 Å². The van der Waals surface area contributed by atoms with Crippen LogP contribution >= 0.6 is 0 Å². The van der Waals surface area contributed by atoms with Gasteiger partial charge >= 0.3 is 0 Å². The molecule has 0 amide bonds. The second-order valence-corrected chi connectivity index (χ2v) is 18.9. The van der Waals surface area contributed by atoms with E-state index < -0.39 is 0 Å². The highest BCUT2D eigenvalue weighted by atomic mass is 15.2. The van der Waals surface area contributed by atoms with Crippen molar-refractivity contribution in [1.82, 2.24) is 0 Å². The molecule has 0 spiro atoms. The lowest BCUT2D eigenvalue weighted by Crippen LogP contribution is -2.61. The van der Waals surface area contributed by atoms with Crippen molar-refractivity contribution in [2.75, 3.05) is 14.7 Å². The minimum atomic E-state index is -0.147. The van der Waals surface area contributed by atoms with Crippen LogP contribution in [0.4, 0.5) is 51.2 Å². The van der Waals surface area contributed by atoms with Gasteiger partial charge in [0.2, 0.25) is 0 Å². The van der Waals surface area contributed by atoms with Gasteiger partial charge < -0.3 is 14.7 Å². The highest BCUT2D eigenvalue weighted by Gasteiger charge is 2.46. The quantitative estimate of drug-likeness (QED) is 0.160. The van der Waals surface area contributed by atoms with E-state index in [0.717, 1.165) is 22.7 Å². The van der Waals surface area contributed by atoms with Crippen molar-refractivity contribution in [3.05, 3.63) is 229 Å². The molecule has 13 rings (SSSR count). The van der Waals surface area contributed by atoms with Gasteiger partial charge in [-0.2, -0.15) is 0 Å². The molecule has 0 radical (unpaired) electrons. The number of para-hydroxylation sites is 3. The van der Waals surface area contributed by atoms with Gasteiger partial charge in [-0.05, 0) is 128 Å². The Hall–Kier alpha value is -7.56. The molecule has 0 N–H and O–H groups in total. The third kappa shape index (κ3) is 5.05. The molecule has 304 valence electrons. The molecule has 4 aliphatic rings. The summed E-state index contributed by atoms with van der Waals surface area (Å²) in [6.07, 6.45) is 0. The van der Waals surface area contributed by atoms with Crippen LogP contribution in [-0.4, -0.2) is 6.71 Å². The minimum absolute atomic E-state index is 0.0106. The predicted molar refractivity (Wildman–Crippen MR) is 270 cm³/mol. The van der Waals surface area contributed by atoms with Crippen molar-refractivity contribution in [3.8, 4) is 22.3 Å². The third-order valence-corrected chi connectivity index (χ3v) is 14.8. The molecule has 0 saturated heterocycles. The maximum absolute atomic E-state index is 2.58. The molecule has 0 aromatic heterocycles. The van der Waals surface area contributed by atoms with Gasteiger partial charge in [0.1, 0.15) is 0 Å². The van der Waals surface area contributed by atoms with E-state index in [1.165, 1.54) is 89.3 Å². The number of anilines is 9. The van der Waals surface area contributed by atoms with E-state index in [0.29, 0.717) is 0 Å². The molecule has 0 fully saturated rings.